The predicted octanol–water partition coefficient (Wildman–Crippen LogP) is 6.64. The Morgan fingerprint density at radius 2 is 1.85 bits per heavy atom. The highest BCUT2D eigenvalue weighted by Gasteiger charge is 2.33. The van der Waals surface area contributed by atoms with Crippen molar-refractivity contribution in [3.8, 4) is 5.75 Å². The zero-order valence-electron chi connectivity index (χ0n) is 17.9. The number of nitrogens with zero attached hydrogens (tertiary/aromatic N) is 2. The van der Waals surface area contributed by atoms with E-state index in [1.807, 2.05) is 55.4 Å². The van der Waals surface area contributed by atoms with Gasteiger partial charge in [0, 0.05) is 35.4 Å². The maximum atomic E-state index is 14.0. The molecular weight excluding hydrogens is 523 g/mol. The van der Waals surface area contributed by atoms with Gasteiger partial charge in [-0.15, -0.1) is 0 Å². The standard InChI is InChI=1S/C25H20BrFN2O2S2/c1-28(2)19-8-10-20(11-9-19)29-24(30)23(33-25(29)32)14-17-13-18(26)7-12-22(17)31-15-16-5-3-4-6-21(16)27/h3-14H,15H2,1-2H3/b23-14+. The van der Waals surface area contributed by atoms with Gasteiger partial charge in [-0.2, -0.15) is 0 Å². The highest BCUT2D eigenvalue weighted by molar-refractivity contribution is 9.10. The summed E-state index contributed by atoms with van der Waals surface area (Å²) in [6.07, 6.45) is 1.76. The minimum absolute atomic E-state index is 0.0777. The molecule has 33 heavy (non-hydrogen) atoms. The van der Waals surface area contributed by atoms with Crippen LogP contribution < -0.4 is 14.5 Å². The van der Waals surface area contributed by atoms with Gasteiger partial charge in [0.05, 0.1) is 10.6 Å². The summed E-state index contributed by atoms with van der Waals surface area (Å²) >= 11 is 10.2. The van der Waals surface area contributed by atoms with Gasteiger partial charge in [0.2, 0.25) is 0 Å². The molecule has 0 unspecified atom stereocenters. The Morgan fingerprint density at radius 3 is 2.55 bits per heavy atom. The number of benzene rings is 3. The number of hydrogen-bond acceptors (Lipinski definition) is 5. The van der Waals surface area contributed by atoms with Crippen LogP contribution in [0.5, 0.6) is 5.75 Å². The molecule has 0 spiro atoms. The van der Waals surface area contributed by atoms with Crippen molar-refractivity contribution >= 4 is 67.6 Å². The summed E-state index contributed by atoms with van der Waals surface area (Å²) in [6, 6.07) is 19.6. The van der Waals surface area contributed by atoms with Crippen LogP contribution >= 0.6 is 39.9 Å². The molecule has 0 saturated carbocycles. The first kappa shape index (κ1) is 23.5. The minimum atomic E-state index is -0.322. The molecule has 0 bridgehead atoms. The van der Waals surface area contributed by atoms with Crippen LogP contribution in [-0.4, -0.2) is 24.3 Å². The number of hydrogen-bond donors (Lipinski definition) is 0. The summed E-state index contributed by atoms with van der Waals surface area (Å²) in [6.45, 7) is 0.0777. The van der Waals surface area contributed by atoms with Gasteiger partial charge < -0.3 is 9.64 Å². The van der Waals surface area contributed by atoms with E-state index < -0.39 is 0 Å². The van der Waals surface area contributed by atoms with Crippen molar-refractivity contribution in [3.05, 3.63) is 93.1 Å². The second-order valence-corrected chi connectivity index (χ2v) is 10.1. The fourth-order valence-corrected chi connectivity index (χ4v) is 4.93. The Kier molecular flexibility index (Phi) is 7.17. The molecule has 168 valence electrons. The summed E-state index contributed by atoms with van der Waals surface area (Å²) in [4.78, 5) is 17.2. The van der Waals surface area contributed by atoms with E-state index in [1.165, 1.54) is 22.7 Å². The lowest BCUT2D eigenvalue weighted by Gasteiger charge is -2.17. The van der Waals surface area contributed by atoms with E-state index >= 15 is 0 Å². The molecule has 0 N–H and O–H groups in total. The van der Waals surface area contributed by atoms with Gasteiger partial charge in [0.25, 0.3) is 5.91 Å². The van der Waals surface area contributed by atoms with Crippen LogP contribution in [0.1, 0.15) is 11.1 Å². The summed E-state index contributed by atoms with van der Waals surface area (Å²) < 4.78 is 21.2. The third-order valence-electron chi connectivity index (χ3n) is 5.02. The Balaban J connectivity index is 1.59. The molecule has 0 aliphatic carbocycles. The topological polar surface area (TPSA) is 32.8 Å². The number of thioether (sulfide) groups is 1. The van der Waals surface area contributed by atoms with Crippen molar-refractivity contribution in [3.63, 3.8) is 0 Å². The number of amides is 1. The zero-order valence-corrected chi connectivity index (χ0v) is 21.1. The number of halogens is 2. The normalized spacial score (nSPS) is 14.8. The van der Waals surface area contributed by atoms with E-state index in [0.717, 1.165) is 15.8 Å². The van der Waals surface area contributed by atoms with Crippen LogP contribution in [0.15, 0.2) is 76.1 Å². The molecule has 0 radical (unpaired) electrons. The second kappa shape index (κ2) is 10.1. The molecule has 4 nitrogen and oxygen atoms in total. The van der Waals surface area contributed by atoms with E-state index in [9.17, 15) is 9.18 Å². The van der Waals surface area contributed by atoms with Gasteiger partial charge in [-0.05, 0) is 54.6 Å². The lowest BCUT2D eigenvalue weighted by atomic mass is 10.1. The molecule has 1 amide bonds. The molecule has 4 rings (SSSR count). The molecule has 8 heteroatoms. The fraction of sp³-hybridized carbons (Fsp3) is 0.120. The SMILES string of the molecule is CN(C)c1ccc(N2C(=O)/C(=C\c3cc(Br)ccc3OCc3ccccc3F)SC2=S)cc1. The lowest BCUT2D eigenvalue weighted by molar-refractivity contribution is -0.113. The highest BCUT2D eigenvalue weighted by Crippen LogP contribution is 2.38. The van der Waals surface area contributed by atoms with E-state index in [1.54, 1.807) is 30.3 Å². The van der Waals surface area contributed by atoms with Gasteiger partial charge in [-0.1, -0.05) is 58.1 Å². The molecule has 0 atom stereocenters. The van der Waals surface area contributed by atoms with Crippen LogP contribution in [0.3, 0.4) is 0 Å². The number of carbonyl (C=O) groups excluding carboxylic acids is 1. The first-order chi connectivity index (χ1) is 15.8. The molecule has 1 heterocycles. The largest absolute Gasteiger partial charge is 0.488 e. The van der Waals surface area contributed by atoms with E-state index in [-0.39, 0.29) is 18.3 Å². The van der Waals surface area contributed by atoms with Crippen LogP contribution in [0.4, 0.5) is 15.8 Å². The van der Waals surface area contributed by atoms with Crippen molar-refractivity contribution in [2.75, 3.05) is 23.9 Å². The van der Waals surface area contributed by atoms with Gasteiger partial charge in [0.15, 0.2) is 4.32 Å². The van der Waals surface area contributed by atoms with Gasteiger partial charge in [-0.25, -0.2) is 4.39 Å². The fourth-order valence-electron chi connectivity index (χ4n) is 3.27. The molecule has 1 aliphatic heterocycles. The average molecular weight is 543 g/mol. The maximum absolute atomic E-state index is 14.0. The van der Waals surface area contributed by atoms with Gasteiger partial charge in [0.1, 0.15) is 18.2 Å². The highest BCUT2D eigenvalue weighted by atomic mass is 79.9. The average Bonchev–Trinajstić information content (AvgIpc) is 3.07. The van der Waals surface area contributed by atoms with E-state index in [4.69, 9.17) is 17.0 Å². The minimum Gasteiger partial charge on any atom is -0.488 e. The van der Waals surface area contributed by atoms with Crippen molar-refractivity contribution < 1.29 is 13.9 Å². The number of carbonyl (C=O) groups is 1. The lowest BCUT2D eigenvalue weighted by Crippen LogP contribution is -2.27. The van der Waals surface area contributed by atoms with E-state index in [0.29, 0.717) is 26.1 Å². The maximum Gasteiger partial charge on any atom is 0.270 e. The van der Waals surface area contributed by atoms with Crippen molar-refractivity contribution in [2.45, 2.75) is 6.61 Å². The second-order valence-electron chi connectivity index (χ2n) is 7.49. The van der Waals surface area contributed by atoms with Crippen LogP contribution in [0.2, 0.25) is 0 Å². The number of rotatable bonds is 6. The zero-order chi connectivity index (χ0) is 23.5. The Labute approximate surface area is 210 Å². The van der Waals surface area contributed by atoms with Crippen LogP contribution in [0.25, 0.3) is 6.08 Å². The van der Waals surface area contributed by atoms with E-state index in [2.05, 4.69) is 15.9 Å². The van der Waals surface area contributed by atoms with Gasteiger partial charge in [-0.3, -0.25) is 9.69 Å². The summed E-state index contributed by atoms with van der Waals surface area (Å²) in [7, 11) is 3.92. The molecule has 3 aromatic rings. The van der Waals surface area contributed by atoms with Crippen molar-refractivity contribution in [2.24, 2.45) is 0 Å². The molecule has 3 aromatic carbocycles. The first-order valence-electron chi connectivity index (χ1n) is 10.0. The molecular formula is C25H20BrFN2O2S2. The quantitative estimate of drug-likeness (QED) is 0.257. The molecule has 1 aliphatic rings. The Bertz CT molecular complexity index is 1250. The first-order valence-corrected chi connectivity index (χ1v) is 12.1. The predicted molar refractivity (Wildman–Crippen MR) is 141 cm³/mol. The molecule has 1 saturated heterocycles. The number of anilines is 2. The van der Waals surface area contributed by atoms with Crippen LogP contribution in [0, 0.1) is 5.82 Å². The third-order valence-corrected chi connectivity index (χ3v) is 6.81. The monoisotopic (exact) mass is 542 g/mol. The third kappa shape index (κ3) is 5.29. The number of thiocarbonyl (C=S) groups is 1. The van der Waals surface area contributed by atoms with Crippen LogP contribution in [-0.2, 0) is 11.4 Å². The smallest absolute Gasteiger partial charge is 0.270 e. The molecule has 0 aromatic heterocycles. The Hall–Kier alpha value is -2.68. The summed E-state index contributed by atoms with van der Waals surface area (Å²) in [5.41, 5.74) is 2.91. The molecule has 1 fully saturated rings. The number of ether oxygens (including phenoxy) is 1. The van der Waals surface area contributed by atoms with Crippen molar-refractivity contribution in [1.29, 1.82) is 0 Å². The summed E-state index contributed by atoms with van der Waals surface area (Å²) in [5.74, 6) is 0.0296. The van der Waals surface area contributed by atoms with Gasteiger partial charge >= 0.3 is 0 Å². The summed E-state index contributed by atoms with van der Waals surface area (Å²) in [5, 5.41) is 0. The van der Waals surface area contributed by atoms with Crippen molar-refractivity contribution in [1.82, 2.24) is 0 Å². The Morgan fingerprint density at radius 1 is 1.12 bits per heavy atom.